The number of esters is 2. The number of unbranched alkanes of at least 4 members (excludes halogenated alkanes) is 5. The Morgan fingerprint density at radius 2 is 1.16 bits per heavy atom. The third-order valence-corrected chi connectivity index (χ3v) is 9.73. The summed E-state index contributed by atoms with van der Waals surface area (Å²) in [7, 11) is -4.72. The minimum Gasteiger partial charge on any atom is -0.462 e. The van der Waals surface area contributed by atoms with E-state index in [9.17, 15) is 39.5 Å². The van der Waals surface area contributed by atoms with Crippen molar-refractivity contribution in [3.05, 3.63) is 109 Å². The zero-order chi connectivity index (χ0) is 45.9. The van der Waals surface area contributed by atoms with E-state index < -0.39 is 76.7 Å². The summed E-state index contributed by atoms with van der Waals surface area (Å²) >= 11 is 0. The molecule has 0 aromatic rings. The van der Waals surface area contributed by atoms with Crippen molar-refractivity contribution in [2.24, 2.45) is 0 Å². The van der Waals surface area contributed by atoms with Crippen LogP contribution in [0.1, 0.15) is 123 Å². The normalized spacial score (nSPS) is 16.3. The fourth-order valence-corrected chi connectivity index (χ4v) is 6.01. The molecule has 0 spiro atoms. The number of hydrogen-bond acceptors (Lipinski definition) is 12. The van der Waals surface area contributed by atoms with Gasteiger partial charge in [-0.25, -0.2) is 4.57 Å². The molecule has 62 heavy (non-hydrogen) atoms. The summed E-state index contributed by atoms with van der Waals surface area (Å²) in [6, 6.07) is 0. The largest absolute Gasteiger partial charge is 0.472 e. The Labute approximate surface area is 371 Å². The van der Waals surface area contributed by atoms with Gasteiger partial charge in [0.25, 0.3) is 0 Å². The smallest absolute Gasteiger partial charge is 0.462 e. The molecule has 0 aromatic carbocycles. The van der Waals surface area contributed by atoms with Gasteiger partial charge in [-0.1, -0.05) is 149 Å². The quantitative estimate of drug-likeness (QED) is 0.0112. The number of aliphatic hydroxyl groups excluding tert-OH is 5. The minimum atomic E-state index is -4.72. The van der Waals surface area contributed by atoms with Crippen LogP contribution in [0.2, 0.25) is 0 Å². The van der Waals surface area contributed by atoms with Crippen LogP contribution in [-0.2, 0) is 32.7 Å². The van der Waals surface area contributed by atoms with Gasteiger partial charge in [0.1, 0.15) is 12.7 Å². The van der Waals surface area contributed by atoms with Crippen molar-refractivity contribution < 1.29 is 63.1 Å². The molecule has 1 unspecified atom stereocenters. The molecule has 6 N–H and O–H groups in total. The van der Waals surface area contributed by atoms with E-state index in [0.29, 0.717) is 6.42 Å². The predicted molar refractivity (Wildman–Crippen MR) is 246 cm³/mol. The number of aliphatic hydroxyl groups is 5. The van der Waals surface area contributed by atoms with Gasteiger partial charge in [-0.15, -0.1) is 0 Å². The van der Waals surface area contributed by atoms with E-state index in [1.807, 2.05) is 0 Å². The van der Waals surface area contributed by atoms with E-state index in [0.717, 1.165) is 77.0 Å². The summed E-state index contributed by atoms with van der Waals surface area (Å²) in [6.07, 6.45) is 41.3. The van der Waals surface area contributed by atoms with Crippen molar-refractivity contribution in [1.29, 1.82) is 0 Å². The third-order valence-electron chi connectivity index (χ3n) is 8.78. The fraction of sp³-hybridized carbons (Fsp3) is 0.583. The molecule has 0 aliphatic carbocycles. The molecule has 0 aliphatic rings. The number of hydrogen-bond donors (Lipinski definition) is 6. The van der Waals surface area contributed by atoms with Gasteiger partial charge < -0.3 is 39.9 Å². The summed E-state index contributed by atoms with van der Waals surface area (Å²) in [4.78, 5) is 35.1. The molecule has 0 bridgehead atoms. The van der Waals surface area contributed by atoms with Crippen molar-refractivity contribution in [3.8, 4) is 0 Å². The zero-order valence-corrected chi connectivity index (χ0v) is 38.0. The van der Waals surface area contributed by atoms with Gasteiger partial charge in [-0.05, 0) is 70.6 Å². The number of phosphoric acid groups is 1. The first-order chi connectivity index (χ1) is 29.9. The highest BCUT2D eigenvalue weighted by Gasteiger charge is 2.27. The lowest BCUT2D eigenvalue weighted by Gasteiger charge is -2.20. The number of carbonyl (C=O) groups excluding carboxylic acids is 2. The van der Waals surface area contributed by atoms with Crippen LogP contribution in [-0.4, -0.2) is 99.3 Å². The summed E-state index contributed by atoms with van der Waals surface area (Å²) in [5, 5.41) is 48.8. The van der Waals surface area contributed by atoms with Crippen molar-refractivity contribution in [2.75, 3.05) is 26.4 Å². The average Bonchev–Trinajstić information content (AvgIpc) is 3.25. The van der Waals surface area contributed by atoms with E-state index in [4.69, 9.17) is 19.1 Å². The van der Waals surface area contributed by atoms with Gasteiger partial charge in [-0.3, -0.25) is 18.6 Å². The standard InChI is InChI=1S/C48H77O13P/c1-3-5-7-8-9-10-11-12-13-14-15-16-17-18-19-20-21-26-30-36-48(55)61-44(41-60-62(56,57)59-39-43(51)38-49)40-58-47(54)37-31-35-46(53)45(52)34-29-25-23-22-24-28-33-42(50)32-27-6-4-2/h5,7,9-10,12-13,15-16,18-19,22-25,28-29,33-34,42-46,49-53H,3-4,6,8,11,14,17,20-21,26-27,30-32,35-41H2,1-2H3,(H,56,57)/b7-5-,10-9-,13-12-,16-15-,19-18-,24-22-,25-23+,33-28+,34-29+/t42-,43+,44-,45-,46-/m1/s1. The first kappa shape index (κ1) is 58.5. The lowest BCUT2D eigenvalue weighted by atomic mass is 10.1. The van der Waals surface area contributed by atoms with Crippen molar-refractivity contribution >= 4 is 19.8 Å². The van der Waals surface area contributed by atoms with Crippen molar-refractivity contribution in [2.45, 2.75) is 154 Å². The molecule has 0 fully saturated rings. The summed E-state index contributed by atoms with van der Waals surface area (Å²) in [6.45, 7) is 1.70. The molecule has 14 heteroatoms. The maximum atomic E-state index is 12.6. The van der Waals surface area contributed by atoms with Gasteiger partial charge in [-0.2, -0.15) is 0 Å². The van der Waals surface area contributed by atoms with Crippen LogP contribution in [0.15, 0.2) is 109 Å². The van der Waals surface area contributed by atoms with Crippen molar-refractivity contribution in [1.82, 2.24) is 0 Å². The molecule has 0 aliphatic heterocycles. The van der Waals surface area contributed by atoms with Crippen LogP contribution in [0.3, 0.4) is 0 Å². The van der Waals surface area contributed by atoms with E-state index in [2.05, 4.69) is 79.1 Å². The summed E-state index contributed by atoms with van der Waals surface area (Å²) in [5.74, 6) is -1.31. The van der Waals surface area contributed by atoms with Crippen LogP contribution >= 0.6 is 7.82 Å². The molecule has 13 nitrogen and oxygen atoms in total. The number of rotatable bonds is 39. The minimum absolute atomic E-state index is 0.0643. The maximum absolute atomic E-state index is 12.6. The molecule has 0 saturated carbocycles. The van der Waals surface area contributed by atoms with E-state index in [-0.39, 0.29) is 25.7 Å². The second-order valence-electron chi connectivity index (χ2n) is 14.6. The van der Waals surface area contributed by atoms with Crippen LogP contribution in [0, 0.1) is 0 Å². The Balaban J connectivity index is 4.69. The molecule has 0 radical (unpaired) electrons. The fourth-order valence-electron chi connectivity index (χ4n) is 5.22. The molecule has 0 amide bonds. The second-order valence-corrected chi connectivity index (χ2v) is 16.0. The highest BCUT2D eigenvalue weighted by atomic mass is 31.2. The Morgan fingerprint density at radius 1 is 0.597 bits per heavy atom. The SMILES string of the molecule is CC/C=C\C/C=C\C/C=C\C/C=C\C/C=C\CCCCCC(=O)O[C@H](COC(=O)CCC[C@@H](O)[C@H](O)/C=C/C=C/C=C\C=C\[C@H](O)CCCCC)COP(=O)(O)OC[C@@H](O)CO. The lowest BCUT2D eigenvalue weighted by molar-refractivity contribution is -0.161. The van der Waals surface area contributed by atoms with Crippen LogP contribution in [0.25, 0.3) is 0 Å². The van der Waals surface area contributed by atoms with Crippen LogP contribution in [0.5, 0.6) is 0 Å². The molecular formula is C48H77O13P. The van der Waals surface area contributed by atoms with E-state index >= 15 is 0 Å². The predicted octanol–water partition coefficient (Wildman–Crippen LogP) is 8.69. The number of allylic oxidation sites excluding steroid dienone is 16. The highest BCUT2D eigenvalue weighted by Crippen LogP contribution is 2.43. The summed E-state index contributed by atoms with van der Waals surface area (Å²) < 4.78 is 32.5. The lowest BCUT2D eigenvalue weighted by Crippen LogP contribution is -2.30. The third kappa shape index (κ3) is 39.4. The van der Waals surface area contributed by atoms with Gasteiger partial charge in [0, 0.05) is 12.8 Å². The molecular weight excluding hydrogens is 815 g/mol. The highest BCUT2D eigenvalue weighted by molar-refractivity contribution is 7.47. The Bertz CT molecular complexity index is 1450. The first-order valence-corrected chi connectivity index (χ1v) is 23.7. The van der Waals surface area contributed by atoms with E-state index in [1.165, 1.54) is 6.08 Å². The Kier molecular flexibility index (Phi) is 39.2. The number of ether oxygens (including phenoxy) is 2. The van der Waals surface area contributed by atoms with Gasteiger partial charge in [0.2, 0.25) is 0 Å². The van der Waals surface area contributed by atoms with Crippen LogP contribution < -0.4 is 0 Å². The molecule has 0 saturated heterocycles. The van der Waals surface area contributed by atoms with Gasteiger partial charge in [0.05, 0.1) is 38.1 Å². The van der Waals surface area contributed by atoms with Gasteiger partial charge in [0.15, 0.2) is 6.10 Å². The molecule has 6 atom stereocenters. The van der Waals surface area contributed by atoms with Crippen LogP contribution in [0.4, 0.5) is 0 Å². The molecule has 352 valence electrons. The number of carbonyl (C=O) groups is 2. The average molecular weight is 893 g/mol. The van der Waals surface area contributed by atoms with E-state index in [1.54, 1.807) is 42.5 Å². The van der Waals surface area contributed by atoms with Crippen molar-refractivity contribution in [3.63, 3.8) is 0 Å². The molecule has 0 aromatic heterocycles. The Morgan fingerprint density at radius 3 is 1.77 bits per heavy atom. The molecule has 0 rings (SSSR count). The monoisotopic (exact) mass is 893 g/mol. The summed E-state index contributed by atoms with van der Waals surface area (Å²) in [5.41, 5.74) is 0. The maximum Gasteiger partial charge on any atom is 0.472 e. The Hall–Kier alpha value is -3.49. The van der Waals surface area contributed by atoms with Gasteiger partial charge >= 0.3 is 19.8 Å². The molecule has 0 heterocycles. The second kappa shape index (κ2) is 41.5. The number of phosphoric ester groups is 1. The topological polar surface area (TPSA) is 210 Å². The first-order valence-electron chi connectivity index (χ1n) is 22.2. The zero-order valence-electron chi connectivity index (χ0n) is 37.1.